The van der Waals surface area contributed by atoms with Crippen LogP contribution in [0.3, 0.4) is 0 Å². The highest BCUT2D eigenvalue weighted by molar-refractivity contribution is 7.55. The summed E-state index contributed by atoms with van der Waals surface area (Å²) < 4.78 is 23.6. The summed E-state index contributed by atoms with van der Waals surface area (Å²) in [7, 11) is -3.88. The Kier molecular flexibility index (Phi) is 7.84. The van der Waals surface area contributed by atoms with Crippen LogP contribution in [0.15, 0.2) is 0 Å². The van der Waals surface area contributed by atoms with Crippen LogP contribution < -0.4 is 0 Å². The molecule has 0 aromatic rings. The first-order valence-corrected chi connectivity index (χ1v) is 9.07. The fourth-order valence-corrected chi connectivity index (χ4v) is 3.31. The number of hydroxylamine groups is 1. The maximum Gasteiger partial charge on any atom is 0.455 e. The van der Waals surface area contributed by atoms with Crippen molar-refractivity contribution in [2.75, 3.05) is 13.2 Å². The van der Waals surface area contributed by atoms with Gasteiger partial charge in [-0.25, -0.2) is 14.3 Å². The lowest BCUT2D eigenvalue weighted by Crippen LogP contribution is -2.34. The smallest absolute Gasteiger partial charge is 0.455 e. The monoisotopic (exact) mass is 323 g/mol. The molecule has 21 heavy (non-hydrogen) atoms. The van der Waals surface area contributed by atoms with Gasteiger partial charge in [-0.3, -0.25) is 0 Å². The molecule has 0 aliphatic carbocycles. The Labute approximate surface area is 126 Å². The topological polar surface area (TPSA) is 80.1 Å². The van der Waals surface area contributed by atoms with Gasteiger partial charge in [0.1, 0.15) is 0 Å². The SMILES string of the molecule is CCCCOOP(=O)(OOCCCC)C1(C)CCC=[N+]1[O-]. The summed E-state index contributed by atoms with van der Waals surface area (Å²) in [5.41, 5.74) is 0. The summed E-state index contributed by atoms with van der Waals surface area (Å²) in [6, 6.07) is 0. The summed E-state index contributed by atoms with van der Waals surface area (Å²) in [6.45, 7) is 6.12. The fourth-order valence-electron chi connectivity index (χ4n) is 1.81. The number of unbranched alkanes of at least 4 members (excludes halogenated alkanes) is 2. The molecule has 7 nitrogen and oxygen atoms in total. The standard InChI is InChI=1S/C13H26NO6P/c1-4-6-11-17-19-21(16,20-18-12-7-5-2)13(3)9-8-10-14(13)15/h10H,4-9,11-12H2,1-3H3. The molecular weight excluding hydrogens is 297 g/mol. The maximum absolute atomic E-state index is 12.9. The van der Waals surface area contributed by atoms with Crippen molar-refractivity contribution in [2.24, 2.45) is 0 Å². The van der Waals surface area contributed by atoms with E-state index in [1.807, 2.05) is 13.8 Å². The Morgan fingerprint density at radius 3 is 2.10 bits per heavy atom. The van der Waals surface area contributed by atoms with Crippen LogP contribution in [0.1, 0.15) is 59.3 Å². The normalized spacial score (nSPS) is 22.5. The summed E-state index contributed by atoms with van der Waals surface area (Å²) in [5.74, 6) is 0. The molecule has 0 amide bonds. The van der Waals surface area contributed by atoms with Crippen LogP contribution in [0, 0.1) is 5.21 Å². The number of hydrogen-bond donors (Lipinski definition) is 0. The van der Waals surface area contributed by atoms with Crippen LogP contribution >= 0.6 is 7.60 Å². The highest BCUT2D eigenvalue weighted by Crippen LogP contribution is 2.63. The minimum Gasteiger partial charge on any atom is -0.623 e. The van der Waals surface area contributed by atoms with E-state index < -0.39 is 12.9 Å². The molecule has 0 aromatic carbocycles. The van der Waals surface area contributed by atoms with Gasteiger partial charge in [0.15, 0.2) is 6.21 Å². The van der Waals surface area contributed by atoms with Gasteiger partial charge in [-0.05, 0) is 12.8 Å². The minimum atomic E-state index is -3.88. The molecular formula is C13H26NO6P. The molecule has 0 saturated carbocycles. The number of rotatable bonds is 11. The lowest BCUT2D eigenvalue weighted by atomic mass is 10.2. The first kappa shape index (κ1) is 18.6. The average Bonchev–Trinajstić information content (AvgIpc) is 2.81. The number of hydrogen-bond acceptors (Lipinski definition) is 6. The highest BCUT2D eigenvalue weighted by Gasteiger charge is 2.59. The zero-order valence-electron chi connectivity index (χ0n) is 13.1. The first-order chi connectivity index (χ1) is 10.00. The van der Waals surface area contributed by atoms with Crippen LogP contribution in [0.25, 0.3) is 0 Å². The molecule has 8 heteroatoms. The van der Waals surface area contributed by atoms with Crippen molar-refractivity contribution in [3.05, 3.63) is 5.21 Å². The Morgan fingerprint density at radius 1 is 1.19 bits per heavy atom. The van der Waals surface area contributed by atoms with Crippen molar-refractivity contribution in [1.29, 1.82) is 0 Å². The largest absolute Gasteiger partial charge is 0.623 e. The van der Waals surface area contributed by atoms with Crippen molar-refractivity contribution >= 4 is 13.8 Å². The Balaban J connectivity index is 2.69. The van der Waals surface area contributed by atoms with Gasteiger partial charge in [0.05, 0.1) is 13.2 Å². The molecule has 0 aromatic heterocycles. The van der Waals surface area contributed by atoms with Crippen molar-refractivity contribution in [3.63, 3.8) is 0 Å². The lowest BCUT2D eigenvalue weighted by Gasteiger charge is -2.28. The third kappa shape index (κ3) is 4.76. The average molecular weight is 323 g/mol. The van der Waals surface area contributed by atoms with Gasteiger partial charge >= 0.3 is 7.60 Å². The molecule has 1 atom stereocenters. The molecule has 0 N–H and O–H groups in total. The van der Waals surface area contributed by atoms with Gasteiger partial charge in [0, 0.05) is 19.8 Å². The van der Waals surface area contributed by atoms with Gasteiger partial charge in [0.2, 0.25) is 0 Å². The van der Waals surface area contributed by atoms with E-state index in [9.17, 15) is 9.77 Å². The van der Waals surface area contributed by atoms with E-state index >= 15 is 0 Å². The quantitative estimate of drug-likeness (QED) is 0.144. The van der Waals surface area contributed by atoms with Gasteiger partial charge in [-0.2, -0.15) is 4.74 Å². The number of nitrogens with zero attached hydrogens (tertiary/aromatic N) is 1. The second-order valence-corrected chi connectivity index (χ2v) is 7.52. The molecule has 1 unspecified atom stereocenters. The van der Waals surface area contributed by atoms with Crippen molar-refractivity contribution in [1.82, 2.24) is 0 Å². The molecule has 1 heterocycles. The van der Waals surface area contributed by atoms with E-state index in [1.54, 1.807) is 0 Å². The van der Waals surface area contributed by atoms with Crippen molar-refractivity contribution in [3.8, 4) is 0 Å². The maximum atomic E-state index is 12.9. The Hall–Kier alpha value is -0.460. The third-order valence-electron chi connectivity index (χ3n) is 3.44. The predicted molar refractivity (Wildman–Crippen MR) is 78.8 cm³/mol. The zero-order chi connectivity index (χ0) is 15.8. The molecule has 0 spiro atoms. The lowest BCUT2D eigenvalue weighted by molar-refractivity contribution is -0.512. The second-order valence-electron chi connectivity index (χ2n) is 5.26. The van der Waals surface area contributed by atoms with Crippen LogP contribution in [0.5, 0.6) is 0 Å². The van der Waals surface area contributed by atoms with Crippen LogP contribution in [-0.4, -0.2) is 29.4 Å². The Morgan fingerprint density at radius 2 is 1.71 bits per heavy atom. The zero-order valence-corrected chi connectivity index (χ0v) is 14.0. The summed E-state index contributed by atoms with van der Waals surface area (Å²) in [4.78, 5) is 9.95. The molecule has 0 radical (unpaired) electrons. The molecule has 1 aliphatic rings. The molecule has 0 bridgehead atoms. The van der Waals surface area contributed by atoms with E-state index in [1.165, 1.54) is 13.1 Å². The fraction of sp³-hybridized carbons (Fsp3) is 0.923. The van der Waals surface area contributed by atoms with Gasteiger partial charge in [-0.15, -0.1) is 9.35 Å². The van der Waals surface area contributed by atoms with Crippen LogP contribution in [0.4, 0.5) is 0 Å². The first-order valence-electron chi connectivity index (χ1n) is 7.52. The van der Waals surface area contributed by atoms with E-state index in [2.05, 4.69) is 0 Å². The van der Waals surface area contributed by atoms with E-state index in [-0.39, 0.29) is 13.2 Å². The van der Waals surface area contributed by atoms with Gasteiger partial charge < -0.3 is 5.21 Å². The second kappa shape index (κ2) is 8.86. The summed E-state index contributed by atoms with van der Waals surface area (Å²) in [6.07, 6.45) is 5.67. The summed E-state index contributed by atoms with van der Waals surface area (Å²) in [5, 5.41) is 10.6. The van der Waals surface area contributed by atoms with E-state index in [0.29, 0.717) is 17.6 Å². The predicted octanol–water partition coefficient (Wildman–Crippen LogP) is 3.77. The van der Waals surface area contributed by atoms with E-state index in [0.717, 1.165) is 25.7 Å². The highest BCUT2D eigenvalue weighted by atomic mass is 31.2. The van der Waals surface area contributed by atoms with Crippen LogP contribution in [0.2, 0.25) is 0 Å². The Bertz CT molecular complexity index is 373. The molecule has 0 fully saturated rings. The summed E-state index contributed by atoms with van der Waals surface area (Å²) >= 11 is 0. The molecule has 1 rings (SSSR count). The van der Waals surface area contributed by atoms with Gasteiger partial charge in [0.25, 0.3) is 5.28 Å². The molecule has 0 saturated heterocycles. The van der Waals surface area contributed by atoms with Crippen LogP contribution in [-0.2, 0) is 23.7 Å². The third-order valence-corrected chi connectivity index (χ3v) is 5.65. The van der Waals surface area contributed by atoms with E-state index in [4.69, 9.17) is 19.1 Å². The van der Waals surface area contributed by atoms with Gasteiger partial charge in [-0.1, -0.05) is 26.7 Å². The molecule has 124 valence electrons. The van der Waals surface area contributed by atoms with Crippen molar-refractivity contribution < 1.29 is 28.4 Å². The molecule has 1 aliphatic heterocycles. The van der Waals surface area contributed by atoms with Crippen molar-refractivity contribution in [2.45, 2.75) is 64.6 Å². The minimum absolute atomic E-state index is 0.289.